The molecule has 8 heteroatoms. The lowest BCUT2D eigenvalue weighted by molar-refractivity contribution is -0.275. The quantitative estimate of drug-likeness (QED) is 0.773. The third-order valence-electron chi connectivity index (χ3n) is 3.80. The summed E-state index contributed by atoms with van der Waals surface area (Å²) in [6.45, 7) is 0.105. The largest absolute Gasteiger partial charge is 0.573 e. The third kappa shape index (κ3) is 4.32. The summed E-state index contributed by atoms with van der Waals surface area (Å²) >= 11 is 0. The summed E-state index contributed by atoms with van der Waals surface area (Å²) in [4.78, 5) is -0.477. The second-order valence-corrected chi connectivity index (χ2v) is 7.62. The summed E-state index contributed by atoms with van der Waals surface area (Å²) in [7, 11) is -4.13. The van der Waals surface area contributed by atoms with Crippen LogP contribution in [-0.2, 0) is 16.6 Å². The number of halogens is 3. The molecule has 0 amide bonds. The van der Waals surface area contributed by atoms with Gasteiger partial charge in [0.2, 0.25) is 10.0 Å². The number of nitrogens with zero attached hydrogens (tertiary/aromatic N) is 1. The molecular weight excluding hydrogens is 355 g/mol. The molecule has 0 heterocycles. The fourth-order valence-electron chi connectivity index (χ4n) is 2.53. The van der Waals surface area contributed by atoms with E-state index in [1.807, 2.05) is 6.07 Å². The van der Waals surface area contributed by atoms with E-state index in [1.54, 1.807) is 24.3 Å². The van der Waals surface area contributed by atoms with Crippen molar-refractivity contribution in [3.05, 3.63) is 60.2 Å². The number of sulfonamides is 1. The first kappa shape index (κ1) is 17.8. The Balaban J connectivity index is 1.96. The van der Waals surface area contributed by atoms with E-state index in [-0.39, 0.29) is 12.6 Å². The van der Waals surface area contributed by atoms with Crippen LogP contribution in [0.4, 0.5) is 13.2 Å². The number of rotatable bonds is 6. The van der Waals surface area contributed by atoms with Gasteiger partial charge < -0.3 is 4.74 Å². The van der Waals surface area contributed by atoms with Gasteiger partial charge in [0.25, 0.3) is 0 Å². The molecule has 0 aromatic heterocycles. The van der Waals surface area contributed by atoms with Crippen LogP contribution in [0.1, 0.15) is 18.4 Å². The van der Waals surface area contributed by atoms with Gasteiger partial charge in [-0.05, 0) is 30.5 Å². The van der Waals surface area contributed by atoms with Gasteiger partial charge in [0.1, 0.15) is 10.6 Å². The second kappa shape index (κ2) is 6.68. The van der Waals surface area contributed by atoms with Crippen LogP contribution in [-0.4, -0.2) is 25.1 Å². The number of benzene rings is 2. The highest BCUT2D eigenvalue weighted by atomic mass is 32.2. The minimum absolute atomic E-state index is 0.105. The van der Waals surface area contributed by atoms with Crippen molar-refractivity contribution in [2.75, 3.05) is 0 Å². The monoisotopic (exact) mass is 371 g/mol. The fourth-order valence-corrected chi connectivity index (χ4v) is 4.32. The number of ether oxygens (including phenoxy) is 1. The van der Waals surface area contributed by atoms with Crippen molar-refractivity contribution in [3.8, 4) is 5.75 Å². The number of hydrogen-bond acceptors (Lipinski definition) is 3. The number of alkyl halides is 3. The van der Waals surface area contributed by atoms with Crippen molar-refractivity contribution in [1.82, 2.24) is 4.31 Å². The normalized spacial score (nSPS) is 15.4. The molecule has 0 atom stereocenters. The lowest BCUT2D eigenvalue weighted by Gasteiger charge is -2.23. The van der Waals surface area contributed by atoms with E-state index >= 15 is 0 Å². The molecule has 1 aliphatic rings. The first-order valence-corrected chi connectivity index (χ1v) is 9.12. The van der Waals surface area contributed by atoms with Crippen molar-refractivity contribution in [1.29, 1.82) is 0 Å². The summed E-state index contributed by atoms with van der Waals surface area (Å²) < 4.78 is 69.0. The van der Waals surface area contributed by atoms with Crippen LogP contribution in [0.25, 0.3) is 0 Å². The molecule has 4 nitrogen and oxygen atoms in total. The van der Waals surface area contributed by atoms with Crippen LogP contribution in [0.3, 0.4) is 0 Å². The molecule has 1 saturated carbocycles. The predicted octanol–water partition coefficient (Wildman–Crippen LogP) is 3.94. The molecule has 134 valence electrons. The summed E-state index contributed by atoms with van der Waals surface area (Å²) in [5, 5.41) is 0. The molecule has 0 N–H and O–H groups in total. The third-order valence-corrected chi connectivity index (χ3v) is 5.73. The Morgan fingerprint density at radius 2 is 1.60 bits per heavy atom. The molecule has 1 fully saturated rings. The zero-order valence-electron chi connectivity index (χ0n) is 13.1. The summed E-state index contributed by atoms with van der Waals surface area (Å²) in [6, 6.07) is 13.6. The maximum atomic E-state index is 13.0. The Morgan fingerprint density at radius 1 is 1.00 bits per heavy atom. The van der Waals surface area contributed by atoms with Gasteiger partial charge in [-0.15, -0.1) is 13.2 Å². The highest BCUT2D eigenvalue weighted by Gasteiger charge is 2.41. The zero-order valence-corrected chi connectivity index (χ0v) is 13.9. The molecule has 0 bridgehead atoms. The van der Waals surface area contributed by atoms with Gasteiger partial charge in [-0.1, -0.05) is 42.5 Å². The average molecular weight is 371 g/mol. The van der Waals surface area contributed by atoms with Crippen molar-refractivity contribution in [2.24, 2.45) is 0 Å². The lowest BCUT2D eigenvalue weighted by Crippen LogP contribution is -2.33. The second-order valence-electron chi connectivity index (χ2n) is 5.76. The SMILES string of the molecule is O=S(=O)(c1ccccc1OC(F)(F)F)N(Cc1ccccc1)C1CC1. The molecule has 2 aromatic rings. The maximum Gasteiger partial charge on any atom is 0.573 e. The molecule has 3 rings (SSSR count). The molecule has 0 saturated heterocycles. The molecule has 1 aliphatic carbocycles. The Hall–Kier alpha value is -2.06. The highest BCUT2D eigenvalue weighted by Crippen LogP contribution is 2.37. The van der Waals surface area contributed by atoms with Crippen molar-refractivity contribution < 1.29 is 26.3 Å². The van der Waals surface area contributed by atoms with Crippen LogP contribution >= 0.6 is 0 Å². The standard InChI is InChI=1S/C17H16F3NO3S/c18-17(19,20)24-15-8-4-5-9-16(15)25(22,23)21(14-10-11-14)12-13-6-2-1-3-7-13/h1-9,14H,10-12H2. The first-order valence-electron chi connectivity index (χ1n) is 7.68. The van der Waals surface area contributed by atoms with Crippen molar-refractivity contribution >= 4 is 10.0 Å². The lowest BCUT2D eigenvalue weighted by atomic mass is 10.2. The van der Waals surface area contributed by atoms with Gasteiger partial charge in [0.15, 0.2) is 0 Å². The Bertz CT molecular complexity index is 834. The molecule has 0 unspecified atom stereocenters. The van der Waals surface area contributed by atoms with E-state index in [9.17, 15) is 21.6 Å². The average Bonchev–Trinajstić information content (AvgIpc) is 3.37. The minimum Gasteiger partial charge on any atom is -0.404 e. The summed E-state index contributed by atoms with van der Waals surface area (Å²) in [6.07, 6.45) is -3.59. The fraction of sp³-hybridized carbons (Fsp3) is 0.294. The van der Waals surface area contributed by atoms with Gasteiger partial charge in [0.05, 0.1) is 0 Å². The molecule has 0 spiro atoms. The van der Waals surface area contributed by atoms with Gasteiger partial charge in [-0.3, -0.25) is 0 Å². The van der Waals surface area contributed by atoms with E-state index in [0.717, 1.165) is 17.7 Å². The van der Waals surface area contributed by atoms with Gasteiger partial charge in [-0.25, -0.2) is 8.42 Å². The van der Waals surface area contributed by atoms with Gasteiger partial charge in [-0.2, -0.15) is 4.31 Å². The smallest absolute Gasteiger partial charge is 0.404 e. The van der Waals surface area contributed by atoms with Gasteiger partial charge in [0, 0.05) is 12.6 Å². The minimum atomic E-state index is -4.96. The van der Waals surface area contributed by atoms with Crippen LogP contribution < -0.4 is 4.74 Å². The van der Waals surface area contributed by atoms with Crippen LogP contribution in [0.15, 0.2) is 59.5 Å². The molecule has 0 aliphatic heterocycles. The first-order chi connectivity index (χ1) is 11.8. The van der Waals surface area contributed by atoms with Crippen LogP contribution in [0.5, 0.6) is 5.75 Å². The highest BCUT2D eigenvalue weighted by molar-refractivity contribution is 7.89. The van der Waals surface area contributed by atoms with E-state index in [2.05, 4.69) is 4.74 Å². The summed E-state index contributed by atoms with van der Waals surface area (Å²) in [5.41, 5.74) is 0.771. The molecule has 25 heavy (non-hydrogen) atoms. The molecular formula is C17H16F3NO3S. The van der Waals surface area contributed by atoms with Crippen LogP contribution in [0.2, 0.25) is 0 Å². The summed E-state index contributed by atoms with van der Waals surface area (Å²) in [5.74, 6) is -0.714. The predicted molar refractivity (Wildman–Crippen MR) is 85.3 cm³/mol. The topological polar surface area (TPSA) is 46.6 Å². The molecule has 2 aromatic carbocycles. The molecule has 0 radical (unpaired) electrons. The van der Waals surface area contributed by atoms with E-state index in [4.69, 9.17) is 0 Å². The van der Waals surface area contributed by atoms with Crippen molar-refractivity contribution in [3.63, 3.8) is 0 Å². The maximum absolute atomic E-state index is 13.0. The Labute approximate surface area is 143 Å². The van der Waals surface area contributed by atoms with E-state index in [0.29, 0.717) is 12.8 Å². The Kier molecular flexibility index (Phi) is 4.75. The zero-order chi connectivity index (χ0) is 18.1. The van der Waals surface area contributed by atoms with E-state index in [1.165, 1.54) is 16.4 Å². The van der Waals surface area contributed by atoms with Crippen LogP contribution in [0, 0.1) is 0 Å². The number of para-hydroxylation sites is 1. The Morgan fingerprint density at radius 3 is 2.20 bits per heavy atom. The van der Waals surface area contributed by atoms with Gasteiger partial charge >= 0.3 is 6.36 Å². The van der Waals surface area contributed by atoms with Crippen molar-refractivity contribution in [2.45, 2.75) is 36.7 Å². The number of hydrogen-bond donors (Lipinski definition) is 0. The van der Waals surface area contributed by atoms with E-state index < -0.39 is 27.0 Å².